The summed E-state index contributed by atoms with van der Waals surface area (Å²) in [6.45, 7) is 2.32. The Balaban J connectivity index is 2.16. The lowest BCUT2D eigenvalue weighted by molar-refractivity contribution is 0.0786. The van der Waals surface area contributed by atoms with Crippen LogP contribution in [0.25, 0.3) is 0 Å². The number of nitrogens with zero attached hydrogens (tertiary/aromatic N) is 1. The number of rotatable bonds is 3. The van der Waals surface area contributed by atoms with E-state index in [9.17, 15) is 9.18 Å². The van der Waals surface area contributed by atoms with Gasteiger partial charge in [-0.3, -0.25) is 4.79 Å². The summed E-state index contributed by atoms with van der Waals surface area (Å²) in [7, 11) is 1.70. The van der Waals surface area contributed by atoms with Crippen molar-refractivity contribution in [3.05, 3.63) is 65.0 Å². The van der Waals surface area contributed by atoms with Crippen LogP contribution in [0.15, 0.2) is 42.5 Å². The summed E-state index contributed by atoms with van der Waals surface area (Å²) in [5.74, 6) is -0.429. The van der Waals surface area contributed by atoms with Crippen LogP contribution >= 0.6 is 0 Å². The first-order valence-corrected chi connectivity index (χ1v) is 6.33. The highest BCUT2D eigenvalue weighted by atomic mass is 19.1. The highest BCUT2D eigenvalue weighted by molar-refractivity contribution is 5.99. The Morgan fingerprint density at radius 1 is 1.20 bits per heavy atom. The number of benzene rings is 2. The average molecular weight is 272 g/mol. The van der Waals surface area contributed by atoms with Crippen molar-refractivity contribution in [3.8, 4) is 0 Å². The summed E-state index contributed by atoms with van der Waals surface area (Å²) in [6, 6.07) is 11.5. The third kappa shape index (κ3) is 3.15. The molecule has 0 aromatic heterocycles. The molecule has 0 saturated heterocycles. The number of anilines is 1. The zero-order valence-corrected chi connectivity index (χ0v) is 11.6. The van der Waals surface area contributed by atoms with Gasteiger partial charge in [0.2, 0.25) is 0 Å². The first-order valence-electron chi connectivity index (χ1n) is 6.33. The Hall–Kier alpha value is -2.36. The maximum atomic E-state index is 12.8. The van der Waals surface area contributed by atoms with Crippen LogP contribution in [0, 0.1) is 12.7 Å². The highest BCUT2D eigenvalue weighted by Crippen LogP contribution is 2.17. The fraction of sp³-hybridized carbons (Fsp3) is 0.188. The van der Waals surface area contributed by atoms with Crippen molar-refractivity contribution in [1.82, 2.24) is 4.90 Å². The molecule has 0 atom stereocenters. The van der Waals surface area contributed by atoms with Gasteiger partial charge in [-0.15, -0.1) is 0 Å². The van der Waals surface area contributed by atoms with Gasteiger partial charge in [0, 0.05) is 19.3 Å². The first-order chi connectivity index (χ1) is 9.47. The van der Waals surface area contributed by atoms with E-state index in [2.05, 4.69) is 0 Å². The molecule has 0 saturated carbocycles. The number of carbonyl (C=O) groups excluding carboxylic acids is 1. The van der Waals surface area contributed by atoms with Crippen LogP contribution in [0.4, 0.5) is 10.1 Å². The van der Waals surface area contributed by atoms with Crippen molar-refractivity contribution in [2.45, 2.75) is 13.5 Å². The molecule has 0 spiro atoms. The molecular weight excluding hydrogens is 255 g/mol. The smallest absolute Gasteiger partial charge is 0.255 e. The minimum Gasteiger partial charge on any atom is -0.398 e. The van der Waals surface area contributed by atoms with Gasteiger partial charge in [0.05, 0.1) is 5.56 Å². The second-order valence-electron chi connectivity index (χ2n) is 4.88. The lowest BCUT2D eigenvalue weighted by Crippen LogP contribution is -2.27. The van der Waals surface area contributed by atoms with E-state index >= 15 is 0 Å². The summed E-state index contributed by atoms with van der Waals surface area (Å²) in [6.07, 6.45) is 0. The van der Waals surface area contributed by atoms with Gasteiger partial charge >= 0.3 is 0 Å². The topological polar surface area (TPSA) is 46.3 Å². The fourth-order valence-corrected chi connectivity index (χ4v) is 2.00. The zero-order valence-electron chi connectivity index (χ0n) is 11.6. The lowest BCUT2D eigenvalue weighted by atomic mass is 10.1. The Kier molecular flexibility index (Phi) is 4.03. The van der Waals surface area contributed by atoms with Gasteiger partial charge in [-0.2, -0.15) is 0 Å². The number of halogens is 1. The number of nitrogens with two attached hydrogens (primary N) is 1. The SMILES string of the molecule is Cc1ccc(N)c(C(=O)N(C)Cc2ccc(F)cc2)c1. The second-order valence-corrected chi connectivity index (χ2v) is 4.88. The molecule has 0 aliphatic carbocycles. The molecule has 3 nitrogen and oxygen atoms in total. The van der Waals surface area contributed by atoms with E-state index in [0.717, 1.165) is 11.1 Å². The van der Waals surface area contributed by atoms with Crippen molar-refractivity contribution in [2.75, 3.05) is 12.8 Å². The van der Waals surface area contributed by atoms with E-state index in [4.69, 9.17) is 5.73 Å². The average Bonchev–Trinajstić information content (AvgIpc) is 2.43. The lowest BCUT2D eigenvalue weighted by Gasteiger charge is -2.18. The summed E-state index contributed by atoms with van der Waals surface area (Å²) in [5, 5.41) is 0. The predicted octanol–water partition coefficient (Wildman–Crippen LogP) is 2.99. The number of amides is 1. The van der Waals surface area contributed by atoms with Crippen LogP contribution in [0.5, 0.6) is 0 Å². The van der Waals surface area contributed by atoms with Gasteiger partial charge in [-0.25, -0.2) is 4.39 Å². The van der Waals surface area contributed by atoms with Gasteiger partial charge in [-0.1, -0.05) is 23.8 Å². The zero-order chi connectivity index (χ0) is 14.7. The van der Waals surface area contributed by atoms with E-state index in [1.165, 1.54) is 12.1 Å². The van der Waals surface area contributed by atoms with Gasteiger partial charge in [0.1, 0.15) is 5.82 Å². The molecular formula is C16H17FN2O. The monoisotopic (exact) mass is 272 g/mol. The maximum absolute atomic E-state index is 12.8. The number of carbonyl (C=O) groups is 1. The normalized spacial score (nSPS) is 10.3. The van der Waals surface area contributed by atoms with Crippen molar-refractivity contribution in [2.24, 2.45) is 0 Å². The predicted molar refractivity (Wildman–Crippen MR) is 77.8 cm³/mol. The van der Waals surface area contributed by atoms with Gasteiger partial charge in [0.25, 0.3) is 5.91 Å². The quantitative estimate of drug-likeness (QED) is 0.873. The molecule has 0 heterocycles. The molecule has 0 aliphatic rings. The number of aryl methyl sites for hydroxylation is 1. The first kappa shape index (κ1) is 14.1. The number of nitrogen functional groups attached to an aromatic ring is 1. The molecule has 2 aromatic carbocycles. The number of hydrogen-bond donors (Lipinski definition) is 1. The largest absolute Gasteiger partial charge is 0.398 e. The molecule has 2 N–H and O–H groups in total. The summed E-state index contributed by atoms with van der Waals surface area (Å²) < 4.78 is 12.8. The molecule has 2 rings (SSSR count). The van der Waals surface area contributed by atoms with Crippen LogP contribution in [-0.4, -0.2) is 17.9 Å². The van der Waals surface area contributed by atoms with E-state index < -0.39 is 0 Å². The van der Waals surface area contributed by atoms with Crippen LogP contribution in [-0.2, 0) is 6.54 Å². The molecule has 4 heteroatoms. The fourth-order valence-electron chi connectivity index (χ4n) is 2.00. The third-order valence-corrected chi connectivity index (χ3v) is 3.12. The minimum atomic E-state index is -0.286. The maximum Gasteiger partial charge on any atom is 0.255 e. The summed E-state index contributed by atoms with van der Waals surface area (Å²) in [5.41, 5.74) is 8.66. The van der Waals surface area contributed by atoms with Crippen LogP contribution in [0.1, 0.15) is 21.5 Å². The molecule has 0 fully saturated rings. The Bertz CT molecular complexity index is 623. The Labute approximate surface area is 117 Å². The highest BCUT2D eigenvalue weighted by Gasteiger charge is 2.15. The Morgan fingerprint density at radius 2 is 1.85 bits per heavy atom. The second kappa shape index (κ2) is 5.74. The third-order valence-electron chi connectivity index (χ3n) is 3.12. The van der Waals surface area contributed by atoms with Crippen molar-refractivity contribution < 1.29 is 9.18 Å². The summed E-state index contributed by atoms with van der Waals surface area (Å²) >= 11 is 0. The van der Waals surface area contributed by atoms with Crippen molar-refractivity contribution >= 4 is 11.6 Å². The molecule has 0 radical (unpaired) electrons. The van der Waals surface area contributed by atoms with E-state index in [1.807, 2.05) is 13.0 Å². The van der Waals surface area contributed by atoms with Crippen molar-refractivity contribution in [1.29, 1.82) is 0 Å². The van der Waals surface area contributed by atoms with E-state index in [-0.39, 0.29) is 11.7 Å². The summed E-state index contributed by atoms with van der Waals surface area (Å²) in [4.78, 5) is 13.9. The van der Waals surface area contributed by atoms with Crippen LogP contribution in [0.2, 0.25) is 0 Å². The molecule has 2 aromatic rings. The van der Waals surface area contributed by atoms with E-state index in [1.54, 1.807) is 36.2 Å². The van der Waals surface area contributed by atoms with Crippen LogP contribution in [0.3, 0.4) is 0 Å². The van der Waals surface area contributed by atoms with E-state index in [0.29, 0.717) is 17.8 Å². The minimum absolute atomic E-state index is 0.143. The standard InChI is InChI=1S/C16H17FN2O/c1-11-3-8-15(18)14(9-11)16(20)19(2)10-12-4-6-13(17)7-5-12/h3-9H,10,18H2,1-2H3. The van der Waals surface area contributed by atoms with Gasteiger partial charge in [-0.05, 0) is 36.8 Å². The molecule has 0 aliphatic heterocycles. The molecule has 20 heavy (non-hydrogen) atoms. The number of hydrogen-bond acceptors (Lipinski definition) is 2. The molecule has 0 unspecified atom stereocenters. The van der Waals surface area contributed by atoms with Gasteiger partial charge < -0.3 is 10.6 Å². The molecule has 104 valence electrons. The van der Waals surface area contributed by atoms with Gasteiger partial charge in [0.15, 0.2) is 0 Å². The van der Waals surface area contributed by atoms with Crippen molar-refractivity contribution in [3.63, 3.8) is 0 Å². The Morgan fingerprint density at radius 3 is 2.50 bits per heavy atom. The molecule has 1 amide bonds. The van der Waals surface area contributed by atoms with Crippen LogP contribution < -0.4 is 5.73 Å². The molecule has 0 bridgehead atoms.